The standard InChI is InChI=1S/C17H13F2N3O2S/c18-12-6-7-14(13(19)9-12)20-15(23)10-25-17-22-21-16(24-17)8-11-4-2-1-3-5-11/h1-7,9H,8,10H2,(H,20,23). The summed E-state index contributed by atoms with van der Waals surface area (Å²) in [7, 11) is 0. The van der Waals surface area contributed by atoms with Crippen molar-refractivity contribution in [3.05, 3.63) is 71.6 Å². The lowest BCUT2D eigenvalue weighted by molar-refractivity contribution is -0.113. The Morgan fingerprint density at radius 2 is 1.92 bits per heavy atom. The van der Waals surface area contributed by atoms with Gasteiger partial charge in [0.05, 0.1) is 17.9 Å². The van der Waals surface area contributed by atoms with E-state index in [2.05, 4.69) is 15.5 Å². The van der Waals surface area contributed by atoms with Gasteiger partial charge in [-0.3, -0.25) is 4.79 Å². The van der Waals surface area contributed by atoms with Crippen molar-refractivity contribution in [3.63, 3.8) is 0 Å². The van der Waals surface area contributed by atoms with Gasteiger partial charge in [-0.1, -0.05) is 42.1 Å². The Morgan fingerprint density at radius 1 is 1.12 bits per heavy atom. The van der Waals surface area contributed by atoms with Crippen molar-refractivity contribution >= 4 is 23.4 Å². The van der Waals surface area contributed by atoms with Crippen LogP contribution in [0.25, 0.3) is 0 Å². The van der Waals surface area contributed by atoms with Crippen LogP contribution in [0.2, 0.25) is 0 Å². The van der Waals surface area contributed by atoms with E-state index in [-0.39, 0.29) is 16.7 Å². The van der Waals surface area contributed by atoms with Crippen molar-refractivity contribution in [3.8, 4) is 0 Å². The van der Waals surface area contributed by atoms with Gasteiger partial charge in [0.15, 0.2) is 0 Å². The number of halogens is 2. The highest BCUT2D eigenvalue weighted by atomic mass is 32.2. The van der Waals surface area contributed by atoms with Gasteiger partial charge in [0, 0.05) is 6.07 Å². The van der Waals surface area contributed by atoms with Crippen molar-refractivity contribution in [2.75, 3.05) is 11.1 Å². The van der Waals surface area contributed by atoms with Crippen LogP contribution in [0, 0.1) is 11.6 Å². The van der Waals surface area contributed by atoms with Crippen LogP contribution in [-0.4, -0.2) is 21.9 Å². The lowest BCUT2D eigenvalue weighted by Crippen LogP contribution is -2.15. The number of nitrogens with zero attached hydrogens (tertiary/aromatic N) is 2. The van der Waals surface area contributed by atoms with Gasteiger partial charge in [-0.2, -0.15) is 0 Å². The average Bonchev–Trinajstić information content (AvgIpc) is 3.04. The Balaban J connectivity index is 1.52. The molecule has 3 aromatic rings. The second kappa shape index (κ2) is 7.89. The van der Waals surface area contributed by atoms with Gasteiger partial charge in [0.25, 0.3) is 5.22 Å². The van der Waals surface area contributed by atoms with Gasteiger partial charge >= 0.3 is 0 Å². The number of amides is 1. The zero-order valence-electron chi connectivity index (χ0n) is 12.9. The molecule has 25 heavy (non-hydrogen) atoms. The number of carbonyl (C=O) groups excluding carboxylic acids is 1. The number of anilines is 1. The maximum absolute atomic E-state index is 13.5. The first-order chi connectivity index (χ1) is 12.1. The molecule has 128 valence electrons. The van der Waals surface area contributed by atoms with Crippen LogP contribution in [0.4, 0.5) is 14.5 Å². The Kier molecular flexibility index (Phi) is 5.39. The topological polar surface area (TPSA) is 68.0 Å². The van der Waals surface area contributed by atoms with Crippen molar-refractivity contribution in [1.82, 2.24) is 10.2 Å². The molecule has 1 heterocycles. The van der Waals surface area contributed by atoms with Crippen LogP contribution in [0.15, 0.2) is 58.2 Å². The van der Waals surface area contributed by atoms with E-state index in [0.717, 1.165) is 29.5 Å². The Bertz CT molecular complexity index is 871. The first-order valence-electron chi connectivity index (χ1n) is 7.34. The van der Waals surface area contributed by atoms with Crippen LogP contribution in [0.5, 0.6) is 0 Å². The zero-order chi connectivity index (χ0) is 17.6. The highest BCUT2D eigenvalue weighted by Crippen LogP contribution is 2.19. The van der Waals surface area contributed by atoms with E-state index < -0.39 is 17.5 Å². The van der Waals surface area contributed by atoms with E-state index in [1.54, 1.807) is 0 Å². The van der Waals surface area contributed by atoms with Crippen LogP contribution < -0.4 is 5.32 Å². The number of aromatic nitrogens is 2. The Morgan fingerprint density at radius 3 is 2.68 bits per heavy atom. The molecule has 0 aliphatic carbocycles. The summed E-state index contributed by atoms with van der Waals surface area (Å²) in [6.07, 6.45) is 0.501. The van der Waals surface area contributed by atoms with Crippen molar-refractivity contribution < 1.29 is 18.0 Å². The lowest BCUT2D eigenvalue weighted by Gasteiger charge is -2.05. The fourth-order valence-electron chi connectivity index (χ4n) is 2.04. The van der Waals surface area contributed by atoms with E-state index in [1.165, 1.54) is 0 Å². The third-order valence-corrected chi connectivity index (χ3v) is 4.00. The van der Waals surface area contributed by atoms with Crippen LogP contribution in [0.3, 0.4) is 0 Å². The molecule has 2 aromatic carbocycles. The lowest BCUT2D eigenvalue weighted by atomic mass is 10.2. The highest BCUT2D eigenvalue weighted by Gasteiger charge is 2.12. The third-order valence-electron chi connectivity index (χ3n) is 3.18. The van der Waals surface area contributed by atoms with Crippen LogP contribution >= 0.6 is 11.8 Å². The molecule has 5 nitrogen and oxygen atoms in total. The minimum absolute atomic E-state index is 0.0379. The SMILES string of the molecule is O=C(CSc1nnc(Cc2ccccc2)o1)Nc1ccc(F)cc1F. The fraction of sp³-hybridized carbons (Fsp3) is 0.118. The minimum atomic E-state index is -0.832. The molecule has 1 amide bonds. The van der Waals surface area contributed by atoms with Gasteiger partial charge in [-0.05, 0) is 17.7 Å². The summed E-state index contributed by atoms with van der Waals surface area (Å²) in [5.74, 6) is -1.59. The molecule has 1 N–H and O–H groups in total. The second-order valence-electron chi connectivity index (χ2n) is 5.09. The number of nitrogens with one attached hydrogen (secondary N) is 1. The number of hydrogen-bond acceptors (Lipinski definition) is 5. The summed E-state index contributed by atoms with van der Waals surface area (Å²) in [5, 5.41) is 10.4. The summed E-state index contributed by atoms with van der Waals surface area (Å²) < 4.78 is 31.8. The Hall–Kier alpha value is -2.74. The predicted molar refractivity (Wildman–Crippen MR) is 89.3 cm³/mol. The molecular formula is C17H13F2N3O2S. The molecule has 0 spiro atoms. The van der Waals surface area contributed by atoms with Gasteiger partial charge in [0.2, 0.25) is 11.8 Å². The molecule has 0 aliphatic rings. The zero-order valence-corrected chi connectivity index (χ0v) is 13.7. The summed E-state index contributed by atoms with van der Waals surface area (Å²) in [6, 6.07) is 12.6. The Labute approximate surface area is 146 Å². The van der Waals surface area contributed by atoms with Gasteiger partial charge in [0.1, 0.15) is 11.6 Å². The number of hydrogen-bond donors (Lipinski definition) is 1. The summed E-state index contributed by atoms with van der Waals surface area (Å²) in [6.45, 7) is 0. The van der Waals surface area contributed by atoms with Crippen LogP contribution in [-0.2, 0) is 11.2 Å². The van der Waals surface area contributed by atoms with Gasteiger partial charge < -0.3 is 9.73 Å². The highest BCUT2D eigenvalue weighted by molar-refractivity contribution is 7.99. The largest absolute Gasteiger partial charge is 0.416 e. The van der Waals surface area contributed by atoms with Crippen molar-refractivity contribution in [2.45, 2.75) is 11.6 Å². The van der Waals surface area contributed by atoms with Crippen LogP contribution in [0.1, 0.15) is 11.5 Å². The molecule has 0 fully saturated rings. The number of rotatable bonds is 6. The molecule has 0 saturated heterocycles. The molecule has 0 unspecified atom stereocenters. The molecule has 1 aromatic heterocycles. The first-order valence-corrected chi connectivity index (χ1v) is 8.33. The normalized spacial score (nSPS) is 10.6. The molecule has 0 saturated carbocycles. The smallest absolute Gasteiger partial charge is 0.277 e. The molecule has 8 heteroatoms. The van der Waals surface area contributed by atoms with E-state index in [1.807, 2.05) is 30.3 Å². The van der Waals surface area contributed by atoms with E-state index >= 15 is 0 Å². The summed E-state index contributed by atoms with van der Waals surface area (Å²) >= 11 is 1.04. The molecule has 0 bridgehead atoms. The van der Waals surface area contributed by atoms with Gasteiger partial charge in [-0.25, -0.2) is 8.78 Å². The van der Waals surface area contributed by atoms with E-state index in [9.17, 15) is 13.6 Å². The minimum Gasteiger partial charge on any atom is -0.416 e. The van der Waals surface area contributed by atoms with E-state index in [0.29, 0.717) is 18.4 Å². The maximum Gasteiger partial charge on any atom is 0.277 e. The predicted octanol–water partition coefficient (Wildman–Crippen LogP) is 3.67. The summed E-state index contributed by atoms with van der Waals surface area (Å²) in [4.78, 5) is 11.8. The maximum atomic E-state index is 13.5. The average molecular weight is 361 g/mol. The first kappa shape index (κ1) is 17.1. The molecule has 0 atom stereocenters. The molecule has 3 rings (SSSR count). The third kappa shape index (κ3) is 4.87. The van der Waals surface area contributed by atoms with E-state index in [4.69, 9.17) is 4.42 Å². The number of carbonyl (C=O) groups is 1. The monoisotopic (exact) mass is 361 g/mol. The molecule has 0 radical (unpaired) electrons. The van der Waals surface area contributed by atoms with Crippen molar-refractivity contribution in [1.29, 1.82) is 0 Å². The molecule has 0 aliphatic heterocycles. The summed E-state index contributed by atoms with van der Waals surface area (Å²) in [5.41, 5.74) is 0.953. The second-order valence-corrected chi connectivity index (χ2v) is 6.01. The number of benzene rings is 2. The quantitative estimate of drug-likeness (QED) is 0.679. The molecular weight excluding hydrogens is 348 g/mol. The van der Waals surface area contributed by atoms with Crippen molar-refractivity contribution in [2.24, 2.45) is 0 Å². The fourth-order valence-corrected chi connectivity index (χ4v) is 2.62. The number of thioether (sulfide) groups is 1. The van der Waals surface area contributed by atoms with Gasteiger partial charge in [-0.15, -0.1) is 10.2 Å².